The Hall–Kier alpha value is -1.35. The summed E-state index contributed by atoms with van der Waals surface area (Å²) in [7, 11) is 2.07. The van der Waals surface area contributed by atoms with Crippen molar-refractivity contribution in [1.82, 2.24) is 10.3 Å². The van der Waals surface area contributed by atoms with Crippen molar-refractivity contribution < 1.29 is 0 Å². The Morgan fingerprint density at radius 1 is 1.47 bits per heavy atom. The number of rotatable bonds is 5. The first-order valence-corrected chi connectivity index (χ1v) is 5.94. The van der Waals surface area contributed by atoms with Crippen LogP contribution in [0.4, 0.5) is 5.69 Å². The smallest absolute Gasteiger partial charge is 0.0443 e. The summed E-state index contributed by atoms with van der Waals surface area (Å²) in [5, 5.41) is 3.48. The molecule has 0 aliphatic carbocycles. The number of nitrogens with one attached hydrogen (secondary N) is 1. The highest BCUT2D eigenvalue weighted by atomic mass is 15.1. The molecule has 1 aromatic rings. The van der Waals surface area contributed by atoms with E-state index in [1.165, 1.54) is 11.3 Å². The number of aromatic nitrogens is 1. The summed E-state index contributed by atoms with van der Waals surface area (Å²) in [5.74, 6) is 0. The van der Waals surface area contributed by atoms with Crippen LogP contribution in [0.25, 0.3) is 0 Å². The lowest BCUT2D eigenvalue weighted by Crippen LogP contribution is -2.35. The lowest BCUT2D eigenvalue weighted by molar-refractivity contribution is 0.424. The third kappa shape index (κ3) is 4.57. The standard InChI is InChI=1S/C14H23N3/c1-6-9-17(5)13-7-8-15-10-12(13)11-16-14(2,3)4/h6-8,10,16H,1,9,11H2,2-5H3. The van der Waals surface area contributed by atoms with Crippen LogP contribution in [0.15, 0.2) is 31.1 Å². The molecule has 0 bridgehead atoms. The zero-order chi connectivity index (χ0) is 12.9. The first-order chi connectivity index (χ1) is 7.94. The molecule has 0 radical (unpaired) electrons. The van der Waals surface area contributed by atoms with Gasteiger partial charge in [-0.2, -0.15) is 0 Å². The molecule has 0 aliphatic heterocycles. The highest BCUT2D eigenvalue weighted by Crippen LogP contribution is 2.18. The molecule has 94 valence electrons. The molecule has 0 saturated carbocycles. The van der Waals surface area contributed by atoms with Gasteiger partial charge < -0.3 is 10.2 Å². The van der Waals surface area contributed by atoms with Gasteiger partial charge in [-0.25, -0.2) is 0 Å². The minimum absolute atomic E-state index is 0.115. The van der Waals surface area contributed by atoms with Gasteiger partial charge >= 0.3 is 0 Å². The van der Waals surface area contributed by atoms with Gasteiger partial charge in [0, 0.05) is 49.3 Å². The van der Waals surface area contributed by atoms with Crippen LogP contribution >= 0.6 is 0 Å². The van der Waals surface area contributed by atoms with Crippen molar-refractivity contribution in [2.75, 3.05) is 18.5 Å². The van der Waals surface area contributed by atoms with E-state index >= 15 is 0 Å². The summed E-state index contributed by atoms with van der Waals surface area (Å²) >= 11 is 0. The molecule has 1 rings (SSSR count). The average molecular weight is 233 g/mol. The predicted molar refractivity (Wildman–Crippen MR) is 74.3 cm³/mol. The number of hydrogen-bond donors (Lipinski definition) is 1. The van der Waals surface area contributed by atoms with Gasteiger partial charge in [0.25, 0.3) is 0 Å². The van der Waals surface area contributed by atoms with Crippen molar-refractivity contribution in [3.8, 4) is 0 Å². The number of hydrogen-bond acceptors (Lipinski definition) is 3. The van der Waals surface area contributed by atoms with E-state index in [-0.39, 0.29) is 5.54 Å². The Balaban J connectivity index is 2.80. The fourth-order valence-electron chi connectivity index (χ4n) is 1.58. The summed E-state index contributed by atoms with van der Waals surface area (Å²) in [4.78, 5) is 6.37. The lowest BCUT2D eigenvalue weighted by Gasteiger charge is -2.24. The molecule has 0 fully saturated rings. The van der Waals surface area contributed by atoms with Crippen molar-refractivity contribution >= 4 is 5.69 Å². The van der Waals surface area contributed by atoms with E-state index in [9.17, 15) is 0 Å². The quantitative estimate of drug-likeness (QED) is 0.792. The second-order valence-corrected chi connectivity index (χ2v) is 5.28. The van der Waals surface area contributed by atoms with Crippen molar-refractivity contribution in [1.29, 1.82) is 0 Å². The molecule has 1 heterocycles. The van der Waals surface area contributed by atoms with E-state index in [0.29, 0.717) is 0 Å². The normalized spacial score (nSPS) is 11.3. The summed E-state index contributed by atoms with van der Waals surface area (Å²) < 4.78 is 0. The Labute approximate surface area is 105 Å². The van der Waals surface area contributed by atoms with Gasteiger partial charge in [-0.05, 0) is 26.8 Å². The summed E-state index contributed by atoms with van der Waals surface area (Å²) in [6, 6.07) is 2.04. The molecule has 0 aromatic carbocycles. The number of nitrogens with zero attached hydrogens (tertiary/aromatic N) is 2. The number of pyridine rings is 1. The number of anilines is 1. The van der Waals surface area contributed by atoms with Gasteiger partial charge in [0.1, 0.15) is 0 Å². The van der Waals surface area contributed by atoms with Crippen LogP contribution < -0.4 is 10.2 Å². The minimum Gasteiger partial charge on any atom is -0.371 e. The molecular formula is C14H23N3. The Morgan fingerprint density at radius 3 is 2.76 bits per heavy atom. The third-order valence-corrected chi connectivity index (χ3v) is 2.50. The highest BCUT2D eigenvalue weighted by Gasteiger charge is 2.11. The molecule has 17 heavy (non-hydrogen) atoms. The van der Waals surface area contributed by atoms with Gasteiger partial charge in [-0.15, -0.1) is 6.58 Å². The summed E-state index contributed by atoms with van der Waals surface area (Å²) in [5.41, 5.74) is 2.54. The monoisotopic (exact) mass is 233 g/mol. The van der Waals surface area contributed by atoms with Crippen LogP contribution in [0.2, 0.25) is 0 Å². The molecular weight excluding hydrogens is 210 g/mol. The number of likely N-dealkylation sites (N-methyl/N-ethyl adjacent to an activating group) is 1. The topological polar surface area (TPSA) is 28.2 Å². The highest BCUT2D eigenvalue weighted by molar-refractivity contribution is 5.52. The molecule has 3 nitrogen and oxygen atoms in total. The molecule has 0 atom stereocenters. The maximum atomic E-state index is 4.20. The average Bonchev–Trinajstić information content (AvgIpc) is 2.26. The Morgan fingerprint density at radius 2 is 2.18 bits per heavy atom. The fourth-order valence-corrected chi connectivity index (χ4v) is 1.58. The molecule has 1 N–H and O–H groups in total. The molecule has 0 spiro atoms. The Bertz CT molecular complexity index is 366. The van der Waals surface area contributed by atoms with E-state index in [1.54, 1.807) is 0 Å². The van der Waals surface area contributed by atoms with Gasteiger partial charge in [0.05, 0.1) is 0 Å². The SMILES string of the molecule is C=CCN(C)c1ccncc1CNC(C)(C)C. The zero-order valence-electron chi connectivity index (χ0n) is 11.3. The molecule has 3 heteroatoms. The summed E-state index contributed by atoms with van der Waals surface area (Å²) in [6.07, 6.45) is 5.66. The van der Waals surface area contributed by atoms with Crippen LogP contribution in [0, 0.1) is 0 Å². The second kappa shape index (κ2) is 5.82. The van der Waals surface area contributed by atoms with E-state index in [0.717, 1.165) is 13.1 Å². The molecule has 1 aromatic heterocycles. The van der Waals surface area contributed by atoms with Crippen molar-refractivity contribution in [3.63, 3.8) is 0 Å². The first kappa shape index (κ1) is 13.7. The lowest BCUT2D eigenvalue weighted by atomic mass is 10.1. The van der Waals surface area contributed by atoms with Crippen LogP contribution in [-0.2, 0) is 6.54 Å². The zero-order valence-corrected chi connectivity index (χ0v) is 11.3. The van der Waals surface area contributed by atoms with Crippen LogP contribution in [0.1, 0.15) is 26.3 Å². The van der Waals surface area contributed by atoms with Crippen LogP contribution in [0.5, 0.6) is 0 Å². The third-order valence-electron chi connectivity index (χ3n) is 2.50. The summed E-state index contributed by atoms with van der Waals surface area (Å²) in [6.45, 7) is 11.9. The fraction of sp³-hybridized carbons (Fsp3) is 0.500. The molecule has 0 amide bonds. The molecule has 0 saturated heterocycles. The van der Waals surface area contributed by atoms with Gasteiger partial charge in [0.15, 0.2) is 0 Å². The second-order valence-electron chi connectivity index (χ2n) is 5.28. The van der Waals surface area contributed by atoms with E-state index < -0.39 is 0 Å². The van der Waals surface area contributed by atoms with E-state index in [2.05, 4.69) is 49.6 Å². The maximum absolute atomic E-state index is 4.20. The van der Waals surface area contributed by atoms with Crippen molar-refractivity contribution in [2.24, 2.45) is 0 Å². The maximum Gasteiger partial charge on any atom is 0.0443 e. The van der Waals surface area contributed by atoms with Gasteiger partial charge in [-0.1, -0.05) is 6.08 Å². The van der Waals surface area contributed by atoms with Crippen LogP contribution in [-0.4, -0.2) is 24.1 Å². The van der Waals surface area contributed by atoms with Gasteiger partial charge in [0.2, 0.25) is 0 Å². The van der Waals surface area contributed by atoms with Crippen molar-refractivity contribution in [2.45, 2.75) is 32.9 Å². The first-order valence-electron chi connectivity index (χ1n) is 5.94. The van der Waals surface area contributed by atoms with Crippen molar-refractivity contribution in [3.05, 3.63) is 36.7 Å². The largest absolute Gasteiger partial charge is 0.371 e. The van der Waals surface area contributed by atoms with E-state index in [4.69, 9.17) is 0 Å². The van der Waals surface area contributed by atoms with Crippen LogP contribution in [0.3, 0.4) is 0 Å². The predicted octanol–water partition coefficient (Wildman–Crippen LogP) is 2.59. The molecule has 0 aliphatic rings. The molecule has 0 unspecified atom stereocenters. The van der Waals surface area contributed by atoms with E-state index in [1.807, 2.05) is 24.5 Å². The van der Waals surface area contributed by atoms with Gasteiger partial charge in [-0.3, -0.25) is 4.98 Å². The Kier molecular flexibility index (Phi) is 4.70. The minimum atomic E-state index is 0.115.